The summed E-state index contributed by atoms with van der Waals surface area (Å²) in [5.41, 5.74) is -0.00402. The second-order valence-electron chi connectivity index (χ2n) is 10.9. The third-order valence-electron chi connectivity index (χ3n) is 8.94. The van der Waals surface area contributed by atoms with Crippen molar-refractivity contribution in [1.29, 1.82) is 0 Å². The maximum atomic E-state index is 15.9. The summed E-state index contributed by atoms with van der Waals surface area (Å²) >= 11 is 0. The molecule has 196 valence electrons. The number of carbonyl (C=O) groups is 4. The summed E-state index contributed by atoms with van der Waals surface area (Å²) in [5.74, 6) is -4.11. The van der Waals surface area contributed by atoms with Crippen LogP contribution in [0.3, 0.4) is 0 Å². The SMILES string of the molecule is COC12C(=O)c3c(C)noc3C(N(C)C)C1CC1Cc3c(c(C)c4cc(C=O)ccc4c3F)C(=O)C1C2=O. The Labute approximate surface area is 218 Å². The summed E-state index contributed by atoms with van der Waals surface area (Å²) in [6.45, 7) is 3.34. The minimum absolute atomic E-state index is 0.159. The third-order valence-corrected chi connectivity index (χ3v) is 8.94. The molecule has 5 unspecified atom stereocenters. The zero-order valence-corrected chi connectivity index (χ0v) is 21.8. The fraction of sp³-hybridized carbons (Fsp3) is 0.414. The predicted octanol–water partition coefficient (Wildman–Crippen LogP) is 3.84. The van der Waals surface area contributed by atoms with Gasteiger partial charge < -0.3 is 9.26 Å². The molecule has 3 aliphatic rings. The fourth-order valence-electron chi connectivity index (χ4n) is 7.31. The van der Waals surface area contributed by atoms with Crippen molar-refractivity contribution in [2.24, 2.45) is 17.8 Å². The van der Waals surface area contributed by atoms with Gasteiger partial charge in [0.05, 0.1) is 23.2 Å². The Bertz CT molecular complexity index is 1590. The molecule has 0 saturated heterocycles. The fourth-order valence-corrected chi connectivity index (χ4v) is 7.31. The van der Waals surface area contributed by atoms with E-state index in [1.54, 1.807) is 32.0 Å². The molecule has 3 aromatic rings. The van der Waals surface area contributed by atoms with Crippen molar-refractivity contribution in [3.63, 3.8) is 0 Å². The highest BCUT2D eigenvalue weighted by atomic mass is 19.1. The van der Waals surface area contributed by atoms with E-state index in [0.717, 1.165) is 0 Å². The second-order valence-corrected chi connectivity index (χ2v) is 10.9. The Hall–Kier alpha value is -3.56. The lowest BCUT2D eigenvalue weighted by molar-refractivity contribution is -0.159. The van der Waals surface area contributed by atoms with Crippen molar-refractivity contribution in [3.05, 3.63) is 63.3 Å². The van der Waals surface area contributed by atoms with Gasteiger partial charge in [-0.15, -0.1) is 0 Å². The normalized spacial score (nSPS) is 28.2. The molecule has 1 aromatic heterocycles. The van der Waals surface area contributed by atoms with Crippen molar-refractivity contribution in [2.45, 2.75) is 38.3 Å². The molecule has 0 bridgehead atoms. The van der Waals surface area contributed by atoms with Gasteiger partial charge in [-0.3, -0.25) is 24.1 Å². The molecular weight excluding hydrogens is 491 g/mol. The molecule has 3 aliphatic carbocycles. The van der Waals surface area contributed by atoms with Crippen LogP contribution < -0.4 is 0 Å². The van der Waals surface area contributed by atoms with Crippen LogP contribution in [0.1, 0.15) is 66.1 Å². The van der Waals surface area contributed by atoms with E-state index in [-0.39, 0.29) is 29.5 Å². The van der Waals surface area contributed by atoms with Crippen molar-refractivity contribution in [1.82, 2.24) is 10.1 Å². The number of hydrogen-bond donors (Lipinski definition) is 0. The molecule has 0 aliphatic heterocycles. The van der Waals surface area contributed by atoms with E-state index in [4.69, 9.17) is 9.26 Å². The Morgan fingerprint density at radius 2 is 1.89 bits per heavy atom. The molecule has 8 nitrogen and oxygen atoms in total. The van der Waals surface area contributed by atoms with Gasteiger partial charge in [-0.1, -0.05) is 17.3 Å². The number of nitrogens with zero attached hydrogens (tertiary/aromatic N) is 2. The Balaban J connectivity index is 1.56. The predicted molar refractivity (Wildman–Crippen MR) is 134 cm³/mol. The van der Waals surface area contributed by atoms with Gasteiger partial charge in [0.15, 0.2) is 22.9 Å². The van der Waals surface area contributed by atoms with Gasteiger partial charge in [0.1, 0.15) is 12.1 Å². The minimum Gasteiger partial charge on any atom is -0.362 e. The molecule has 9 heteroatoms. The number of fused-ring (bicyclic) bond motifs is 5. The van der Waals surface area contributed by atoms with Crippen LogP contribution in [-0.4, -0.2) is 60.5 Å². The van der Waals surface area contributed by atoms with Crippen molar-refractivity contribution >= 4 is 34.4 Å². The van der Waals surface area contributed by atoms with Crippen molar-refractivity contribution < 1.29 is 32.8 Å². The van der Waals surface area contributed by atoms with Gasteiger partial charge in [-0.05, 0) is 69.3 Å². The molecule has 2 aromatic carbocycles. The number of Topliss-reactive ketones (excluding diaryl/α,β-unsaturated/α-hetero) is 3. The van der Waals surface area contributed by atoms with Gasteiger partial charge in [-0.25, -0.2) is 4.39 Å². The average Bonchev–Trinajstić information content (AvgIpc) is 3.27. The summed E-state index contributed by atoms with van der Waals surface area (Å²) in [4.78, 5) is 55.7. The number of carbonyl (C=O) groups excluding carboxylic acids is 4. The highest BCUT2D eigenvalue weighted by Gasteiger charge is 2.68. The van der Waals surface area contributed by atoms with Gasteiger partial charge in [0.2, 0.25) is 5.78 Å². The first kappa shape index (κ1) is 24.8. The maximum Gasteiger partial charge on any atom is 0.208 e. The molecule has 38 heavy (non-hydrogen) atoms. The smallest absolute Gasteiger partial charge is 0.208 e. The molecule has 0 radical (unpaired) electrons. The van der Waals surface area contributed by atoms with Gasteiger partial charge in [0, 0.05) is 29.5 Å². The number of benzene rings is 2. The molecule has 5 atom stereocenters. The van der Waals surface area contributed by atoms with E-state index in [1.807, 2.05) is 19.0 Å². The standard InChI is InChI=1S/C29H27FN2O6/c1-12-17-8-14(11-33)6-7-16(17)23(30)18-9-15-10-19-24(32(3)4)26-21(13(2)31-38-26)27(35)29(19,37-5)28(36)22(15)25(34)20(12)18/h6-8,11,15,19,22,24H,9-10H2,1-5H3. The first-order chi connectivity index (χ1) is 18.1. The average molecular weight is 519 g/mol. The highest BCUT2D eigenvalue weighted by Crippen LogP contribution is 2.56. The number of ether oxygens (including phenoxy) is 1. The lowest BCUT2D eigenvalue weighted by Gasteiger charge is -2.52. The number of aldehydes is 1. The summed E-state index contributed by atoms with van der Waals surface area (Å²) in [5, 5.41) is 4.78. The first-order valence-electron chi connectivity index (χ1n) is 12.6. The quantitative estimate of drug-likeness (QED) is 0.380. The summed E-state index contributed by atoms with van der Waals surface area (Å²) in [6, 6.07) is 4.14. The molecule has 6 rings (SSSR count). The number of aryl methyl sites for hydroxylation is 2. The van der Waals surface area contributed by atoms with Crippen LogP contribution >= 0.6 is 0 Å². The summed E-state index contributed by atoms with van der Waals surface area (Å²) < 4.78 is 27.3. The van der Waals surface area contributed by atoms with Crippen LogP contribution in [0.25, 0.3) is 10.8 Å². The van der Waals surface area contributed by atoms with Gasteiger partial charge >= 0.3 is 0 Å². The number of rotatable bonds is 3. The van der Waals surface area contributed by atoms with E-state index in [0.29, 0.717) is 39.6 Å². The van der Waals surface area contributed by atoms with Crippen LogP contribution in [0.2, 0.25) is 0 Å². The largest absolute Gasteiger partial charge is 0.362 e. The number of hydrogen-bond acceptors (Lipinski definition) is 8. The number of methoxy groups -OCH3 is 1. The molecule has 0 N–H and O–H groups in total. The van der Waals surface area contributed by atoms with Gasteiger partial charge in [-0.2, -0.15) is 0 Å². The zero-order chi connectivity index (χ0) is 27.3. The Morgan fingerprint density at radius 3 is 2.55 bits per heavy atom. The topological polar surface area (TPSA) is 107 Å². The minimum atomic E-state index is -1.89. The van der Waals surface area contributed by atoms with Crippen molar-refractivity contribution in [3.8, 4) is 0 Å². The number of halogens is 1. The van der Waals surface area contributed by atoms with E-state index < -0.39 is 52.6 Å². The van der Waals surface area contributed by atoms with Crippen molar-refractivity contribution in [2.75, 3.05) is 21.2 Å². The molecule has 0 spiro atoms. The Morgan fingerprint density at radius 1 is 1.16 bits per heavy atom. The maximum absolute atomic E-state index is 15.9. The second kappa shape index (κ2) is 8.22. The molecule has 1 saturated carbocycles. The van der Waals surface area contributed by atoms with E-state index in [9.17, 15) is 19.2 Å². The van der Waals surface area contributed by atoms with Gasteiger partial charge in [0.25, 0.3) is 0 Å². The monoisotopic (exact) mass is 518 g/mol. The summed E-state index contributed by atoms with van der Waals surface area (Å²) in [7, 11) is 4.97. The van der Waals surface area contributed by atoms with Crippen LogP contribution in [0, 0.1) is 37.4 Å². The number of ketones is 3. The van der Waals surface area contributed by atoms with Crippen LogP contribution in [0.4, 0.5) is 4.39 Å². The lowest BCUT2D eigenvalue weighted by atomic mass is 9.53. The molecule has 1 fully saturated rings. The summed E-state index contributed by atoms with van der Waals surface area (Å²) in [6.07, 6.45) is 1.12. The van der Waals surface area contributed by atoms with Crippen LogP contribution in [-0.2, 0) is 16.0 Å². The lowest BCUT2D eigenvalue weighted by Crippen LogP contribution is -2.67. The molecule has 1 heterocycles. The van der Waals surface area contributed by atoms with E-state index in [1.165, 1.54) is 7.11 Å². The van der Waals surface area contributed by atoms with Crippen LogP contribution in [0.15, 0.2) is 22.7 Å². The molecule has 0 amide bonds. The zero-order valence-electron chi connectivity index (χ0n) is 21.8. The first-order valence-corrected chi connectivity index (χ1v) is 12.6. The highest BCUT2D eigenvalue weighted by molar-refractivity contribution is 6.27. The van der Waals surface area contributed by atoms with Crippen LogP contribution in [0.5, 0.6) is 0 Å². The van der Waals surface area contributed by atoms with E-state index in [2.05, 4.69) is 5.16 Å². The Kier molecular flexibility index (Phi) is 5.35. The van der Waals surface area contributed by atoms with E-state index >= 15 is 4.39 Å². The third kappa shape index (κ3) is 2.88. The number of aromatic nitrogens is 1. The molecular formula is C29H27FN2O6.